The standard InChI is InChI=1S/C15H27N3O/c1-10(2)9-19-13-8-12(18-15(5,6)7)16-14(17-13)11(3)4/h8,10-11H,9H2,1-7H3,(H,16,17,18). The predicted octanol–water partition coefficient (Wildman–Crippen LogP) is 3.85. The Kier molecular flexibility index (Phi) is 5.15. The average Bonchev–Trinajstić information content (AvgIpc) is 2.23. The van der Waals surface area contributed by atoms with Crippen LogP contribution in [0.25, 0.3) is 0 Å². The Morgan fingerprint density at radius 3 is 2.26 bits per heavy atom. The van der Waals surface area contributed by atoms with Crippen LogP contribution >= 0.6 is 0 Å². The van der Waals surface area contributed by atoms with Crippen molar-refractivity contribution in [1.29, 1.82) is 0 Å². The molecule has 0 atom stereocenters. The number of rotatable bonds is 5. The van der Waals surface area contributed by atoms with E-state index in [0.717, 1.165) is 11.6 Å². The molecule has 4 heteroatoms. The molecule has 0 aromatic carbocycles. The topological polar surface area (TPSA) is 47.0 Å². The molecule has 0 aliphatic heterocycles. The molecule has 1 aromatic rings. The van der Waals surface area contributed by atoms with Gasteiger partial charge in [-0.05, 0) is 26.7 Å². The molecule has 0 saturated heterocycles. The zero-order valence-electron chi connectivity index (χ0n) is 13.2. The molecular weight excluding hydrogens is 238 g/mol. The number of nitrogens with one attached hydrogen (secondary N) is 1. The highest BCUT2D eigenvalue weighted by molar-refractivity contribution is 5.40. The van der Waals surface area contributed by atoms with Gasteiger partial charge in [0.25, 0.3) is 0 Å². The summed E-state index contributed by atoms with van der Waals surface area (Å²) >= 11 is 0. The average molecular weight is 265 g/mol. The molecule has 0 fully saturated rings. The fourth-order valence-electron chi connectivity index (χ4n) is 1.48. The molecular formula is C15H27N3O. The van der Waals surface area contributed by atoms with Crippen LogP contribution in [0, 0.1) is 5.92 Å². The van der Waals surface area contributed by atoms with Crippen LogP contribution in [0.3, 0.4) is 0 Å². The van der Waals surface area contributed by atoms with E-state index in [0.29, 0.717) is 18.4 Å². The maximum Gasteiger partial charge on any atom is 0.218 e. The largest absolute Gasteiger partial charge is 0.477 e. The van der Waals surface area contributed by atoms with E-state index in [-0.39, 0.29) is 11.5 Å². The lowest BCUT2D eigenvalue weighted by atomic mass is 10.1. The minimum Gasteiger partial charge on any atom is -0.477 e. The van der Waals surface area contributed by atoms with Gasteiger partial charge in [0.1, 0.15) is 11.6 Å². The summed E-state index contributed by atoms with van der Waals surface area (Å²) in [5.41, 5.74) is -0.0298. The van der Waals surface area contributed by atoms with E-state index in [1.807, 2.05) is 6.07 Å². The van der Waals surface area contributed by atoms with Crippen molar-refractivity contribution in [2.75, 3.05) is 11.9 Å². The molecule has 1 heterocycles. The minimum atomic E-state index is -0.0298. The number of ether oxygens (including phenoxy) is 1. The van der Waals surface area contributed by atoms with Gasteiger partial charge in [0.2, 0.25) is 5.88 Å². The van der Waals surface area contributed by atoms with E-state index in [1.54, 1.807) is 0 Å². The number of hydrogen-bond acceptors (Lipinski definition) is 4. The minimum absolute atomic E-state index is 0.0298. The molecule has 0 amide bonds. The molecule has 1 aromatic heterocycles. The van der Waals surface area contributed by atoms with Crippen molar-refractivity contribution in [1.82, 2.24) is 9.97 Å². The summed E-state index contributed by atoms with van der Waals surface area (Å²) in [4.78, 5) is 9.00. The van der Waals surface area contributed by atoms with E-state index in [4.69, 9.17) is 4.74 Å². The second-order valence-electron chi connectivity index (χ2n) is 6.68. The summed E-state index contributed by atoms with van der Waals surface area (Å²) in [6.45, 7) is 15.4. The van der Waals surface area contributed by atoms with Crippen LogP contribution in [0.1, 0.15) is 60.2 Å². The van der Waals surface area contributed by atoms with Crippen molar-refractivity contribution < 1.29 is 4.74 Å². The Bertz CT molecular complexity index is 408. The van der Waals surface area contributed by atoms with Gasteiger partial charge in [-0.15, -0.1) is 0 Å². The molecule has 0 saturated carbocycles. The van der Waals surface area contributed by atoms with E-state index in [1.165, 1.54) is 0 Å². The van der Waals surface area contributed by atoms with Gasteiger partial charge in [-0.3, -0.25) is 0 Å². The van der Waals surface area contributed by atoms with E-state index >= 15 is 0 Å². The first-order chi connectivity index (χ1) is 8.67. The Balaban J connectivity index is 2.97. The van der Waals surface area contributed by atoms with Crippen LogP contribution in [0.5, 0.6) is 5.88 Å². The molecule has 1 rings (SSSR count). The maximum absolute atomic E-state index is 5.72. The fraction of sp³-hybridized carbons (Fsp3) is 0.733. The molecule has 0 radical (unpaired) electrons. The molecule has 0 spiro atoms. The fourth-order valence-corrected chi connectivity index (χ4v) is 1.48. The lowest BCUT2D eigenvalue weighted by Gasteiger charge is -2.22. The zero-order valence-corrected chi connectivity index (χ0v) is 13.2. The van der Waals surface area contributed by atoms with Gasteiger partial charge in [-0.1, -0.05) is 27.7 Å². The first kappa shape index (κ1) is 15.7. The first-order valence-electron chi connectivity index (χ1n) is 6.97. The highest BCUT2D eigenvalue weighted by Gasteiger charge is 2.14. The van der Waals surface area contributed by atoms with Crippen molar-refractivity contribution in [3.8, 4) is 5.88 Å². The Morgan fingerprint density at radius 1 is 1.16 bits per heavy atom. The highest BCUT2D eigenvalue weighted by atomic mass is 16.5. The van der Waals surface area contributed by atoms with Crippen LogP contribution in [-0.4, -0.2) is 22.1 Å². The molecule has 1 N–H and O–H groups in total. The van der Waals surface area contributed by atoms with Gasteiger partial charge in [0.05, 0.1) is 6.61 Å². The summed E-state index contributed by atoms with van der Waals surface area (Å²) in [5.74, 6) is 3.05. The van der Waals surface area contributed by atoms with Crippen LogP contribution in [0.2, 0.25) is 0 Å². The van der Waals surface area contributed by atoms with Gasteiger partial charge in [0, 0.05) is 17.5 Å². The van der Waals surface area contributed by atoms with Crippen molar-refractivity contribution in [3.05, 3.63) is 11.9 Å². The summed E-state index contributed by atoms with van der Waals surface area (Å²) in [5, 5.41) is 3.37. The number of nitrogens with zero attached hydrogens (tertiary/aromatic N) is 2. The van der Waals surface area contributed by atoms with Gasteiger partial charge < -0.3 is 10.1 Å². The van der Waals surface area contributed by atoms with Gasteiger partial charge in [-0.2, -0.15) is 4.98 Å². The van der Waals surface area contributed by atoms with Gasteiger partial charge >= 0.3 is 0 Å². The second kappa shape index (κ2) is 6.22. The lowest BCUT2D eigenvalue weighted by Crippen LogP contribution is -2.27. The predicted molar refractivity (Wildman–Crippen MR) is 79.8 cm³/mol. The van der Waals surface area contributed by atoms with E-state index < -0.39 is 0 Å². The van der Waals surface area contributed by atoms with Crippen LogP contribution in [-0.2, 0) is 0 Å². The summed E-state index contributed by atoms with van der Waals surface area (Å²) in [7, 11) is 0. The van der Waals surface area contributed by atoms with E-state index in [9.17, 15) is 0 Å². The molecule has 0 aliphatic carbocycles. The molecule has 4 nitrogen and oxygen atoms in total. The Morgan fingerprint density at radius 2 is 1.79 bits per heavy atom. The highest BCUT2D eigenvalue weighted by Crippen LogP contribution is 2.21. The SMILES string of the molecule is CC(C)COc1cc(NC(C)(C)C)nc(C(C)C)n1. The normalized spacial score (nSPS) is 12.1. The third-order valence-electron chi connectivity index (χ3n) is 2.30. The number of anilines is 1. The third kappa shape index (κ3) is 5.90. The van der Waals surface area contributed by atoms with Crippen molar-refractivity contribution in [3.63, 3.8) is 0 Å². The molecule has 108 valence electrons. The molecule has 0 bridgehead atoms. The maximum atomic E-state index is 5.72. The Hall–Kier alpha value is -1.32. The number of hydrogen-bond donors (Lipinski definition) is 1. The van der Waals surface area contributed by atoms with Crippen LogP contribution in [0.15, 0.2) is 6.07 Å². The monoisotopic (exact) mass is 265 g/mol. The summed E-state index contributed by atoms with van der Waals surface area (Å²) < 4.78 is 5.72. The molecule has 0 unspecified atom stereocenters. The smallest absolute Gasteiger partial charge is 0.218 e. The second-order valence-corrected chi connectivity index (χ2v) is 6.68. The van der Waals surface area contributed by atoms with Crippen LogP contribution < -0.4 is 10.1 Å². The van der Waals surface area contributed by atoms with Gasteiger partial charge in [-0.25, -0.2) is 4.98 Å². The zero-order chi connectivity index (χ0) is 14.6. The first-order valence-corrected chi connectivity index (χ1v) is 6.97. The summed E-state index contributed by atoms with van der Waals surface area (Å²) in [6.07, 6.45) is 0. The van der Waals surface area contributed by atoms with Crippen LogP contribution in [0.4, 0.5) is 5.82 Å². The Labute approximate surface area is 117 Å². The van der Waals surface area contributed by atoms with Crippen molar-refractivity contribution in [2.45, 2.75) is 59.9 Å². The lowest BCUT2D eigenvalue weighted by molar-refractivity contribution is 0.260. The quantitative estimate of drug-likeness (QED) is 0.878. The third-order valence-corrected chi connectivity index (χ3v) is 2.30. The summed E-state index contributed by atoms with van der Waals surface area (Å²) in [6, 6.07) is 1.87. The van der Waals surface area contributed by atoms with Crippen molar-refractivity contribution >= 4 is 5.82 Å². The van der Waals surface area contributed by atoms with E-state index in [2.05, 4.69) is 63.8 Å². The number of aromatic nitrogens is 2. The van der Waals surface area contributed by atoms with Crippen molar-refractivity contribution in [2.24, 2.45) is 5.92 Å². The molecule has 19 heavy (non-hydrogen) atoms. The van der Waals surface area contributed by atoms with Gasteiger partial charge in [0.15, 0.2) is 0 Å². The molecule has 0 aliphatic rings.